The summed E-state index contributed by atoms with van der Waals surface area (Å²) in [6, 6.07) is 0.0897. The van der Waals surface area contributed by atoms with Gasteiger partial charge in [-0.3, -0.25) is 0 Å². The summed E-state index contributed by atoms with van der Waals surface area (Å²) >= 11 is 0. The minimum absolute atomic E-state index is 0.0897. The van der Waals surface area contributed by atoms with Gasteiger partial charge in [-0.25, -0.2) is 0 Å². The van der Waals surface area contributed by atoms with Crippen LogP contribution in [0.25, 0.3) is 0 Å². The highest BCUT2D eigenvalue weighted by Gasteiger charge is 2.02. The minimum Gasteiger partial charge on any atom is -0.395 e. The highest BCUT2D eigenvalue weighted by molar-refractivity contribution is 4.59. The van der Waals surface area contributed by atoms with E-state index in [-0.39, 0.29) is 12.6 Å². The third-order valence-electron chi connectivity index (χ3n) is 1.59. The zero-order valence-corrected chi connectivity index (χ0v) is 7.47. The second kappa shape index (κ2) is 7.98. The molecule has 1 unspecified atom stereocenters. The van der Waals surface area contributed by atoms with Gasteiger partial charge in [0.2, 0.25) is 0 Å². The van der Waals surface area contributed by atoms with Gasteiger partial charge in [-0.2, -0.15) is 0 Å². The highest BCUT2D eigenvalue weighted by Crippen LogP contribution is 1.89. The zero-order valence-electron chi connectivity index (χ0n) is 7.47. The maximum absolute atomic E-state index is 8.74. The first-order valence-corrected chi connectivity index (χ1v) is 4.21. The van der Waals surface area contributed by atoms with Gasteiger partial charge in [0, 0.05) is 6.61 Å². The number of rotatable bonds is 7. The fraction of sp³-hybridized carbons (Fsp3) is 1.00. The molecule has 0 bridgehead atoms. The Morgan fingerprint density at radius 1 is 1.55 bits per heavy atom. The van der Waals surface area contributed by atoms with E-state index in [9.17, 15) is 0 Å². The number of likely N-dealkylation sites (N-methyl/N-ethyl adjacent to an activating group) is 1. The molecule has 0 heterocycles. The number of unbranched alkanes of at least 4 members (excludes halogenated alkanes) is 1. The highest BCUT2D eigenvalue weighted by atomic mass is 16.5. The van der Waals surface area contributed by atoms with Crippen LogP contribution >= 0.6 is 0 Å². The molecule has 0 aromatic heterocycles. The summed E-state index contributed by atoms with van der Waals surface area (Å²) in [5, 5.41) is 11.7. The second-order valence-corrected chi connectivity index (χ2v) is 2.60. The molecule has 3 heteroatoms. The molecule has 0 saturated heterocycles. The Labute approximate surface area is 68.8 Å². The smallest absolute Gasteiger partial charge is 0.0641 e. The molecular formula is C8H19NO2. The average Bonchev–Trinajstić information content (AvgIpc) is 2.05. The fourth-order valence-corrected chi connectivity index (χ4v) is 0.699. The van der Waals surface area contributed by atoms with Crippen molar-refractivity contribution in [3.63, 3.8) is 0 Å². The van der Waals surface area contributed by atoms with Crippen molar-refractivity contribution in [3.8, 4) is 0 Å². The summed E-state index contributed by atoms with van der Waals surface area (Å²) in [6.45, 7) is 3.68. The number of aliphatic hydroxyl groups excluding tert-OH is 1. The lowest BCUT2D eigenvalue weighted by atomic mass is 10.3. The van der Waals surface area contributed by atoms with Crippen LogP contribution in [0.4, 0.5) is 0 Å². The SMILES string of the molecule is CCCCOCC(CO)NC. The van der Waals surface area contributed by atoms with E-state index in [0.29, 0.717) is 6.61 Å². The quantitative estimate of drug-likeness (QED) is 0.530. The van der Waals surface area contributed by atoms with E-state index >= 15 is 0 Å². The molecule has 0 aromatic carbocycles. The molecule has 2 N–H and O–H groups in total. The topological polar surface area (TPSA) is 41.5 Å². The molecule has 0 rings (SSSR count). The first-order valence-electron chi connectivity index (χ1n) is 4.21. The van der Waals surface area contributed by atoms with E-state index in [0.717, 1.165) is 19.4 Å². The number of ether oxygens (including phenoxy) is 1. The van der Waals surface area contributed by atoms with Crippen molar-refractivity contribution in [2.75, 3.05) is 26.9 Å². The van der Waals surface area contributed by atoms with Gasteiger partial charge in [-0.15, -0.1) is 0 Å². The summed E-state index contributed by atoms with van der Waals surface area (Å²) in [5.41, 5.74) is 0. The number of aliphatic hydroxyl groups is 1. The van der Waals surface area contributed by atoms with Crippen LogP contribution in [0, 0.1) is 0 Å². The molecular weight excluding hydrogens is 142 g/mol. The zero-order chi connectivity index (χ0) is 8.53. The van der Waals surface area contributed by atoms with Gasteiger partial charge in [0.15, 0.2) is 0 Å². The van der Waals surface area contributed by atoms with E-state index in [1.807, 2.05) is 7.05 Å². The van der Waals surface area contributed by atoms with Gasteiger partial charge in [0.1, 0.15) is 0 Å². The molecule has 11 heavy (non-hydrogen) atoms. The van der Waals surface area contributed by atoms with Crippen LogP contribution in [-0.2, 0) is 4.74 Å². The Balaban J connectivity index is 3.07. The molecule has 0 spiro atoms. The predicted molar refractivity (Wildman–Crippen MR) is 45.7 cm³/mol. The maximum Gasteiger partial charge on any atom is 0.0641 e. The average molecular weight is 161 g/mol. The number of hydrogen-bond acceptors (Lipinski definition) is 3. The summed E-state index contributed by atoms with van der Waals surface area (Å²) in [5.74, 6) is 0. The van der Waals surface area contributed by atoms with E-state index in [1.54, 1.807) is 0 Å². The Morgan fingerprint density at radius 2 is 2.27 bits per heavy atom. The van der Waals surface area contributed by atoms with Crippen molar-refractivity contribution in [2.24, 2.45) is 0 Å². The Kier molecular flexibility index (Phi) is 7.89. The molecule has 0 aliphatic heterocycles. The summed E-state index contributed by atoms with van der Waals surface area (Å²) in [6.07, 6.45) is 2.26. The minimum atomic E-state index is 0.0897. The molecule has 0 aliphatic rings. The Bertz CT molecular complexity index is 74.5. The molecule has 0 fully saturated rings. The van der Waals surface area contributed by atoms with Crippen LogP contribution < -0.4 is 5.32 Å². The fourth-order valence-electron chi connectivity index (χ4n) is 0.699. The molecule has 1 atom stereocenters. The van der Waals surface area contributed by atoms with Gasteiger partial charge < -0.3 is 15.2 Å². The monoisotopic (exact) mass is 161 g/mol. The lowest BCUT2D eigenvalue weighted by Gasteiger charge is -2.12. The molecule has 0 amide bonds. The van der Waals surface area contributed by atoms with E-state index < -0.39 is 0 Å². The van der Waals surface area contributed by atoms with Crippen LogP contribution in [0.2, 0.25) is 0 Å². The molecule has 0 saturated carbocycles. The molecule has 0 aliphatic carbocycles. The summed E-state index contributed by atoms with van der Waals surface area (Å²) in [4.78, 5) is 0. The standard InChI is InChI=1S/C8H19NO2/c1-3-4-5-11-7-8(6-10)9-2/h8-10H,3-7H2,1-2H3. The third kappa shape index (κ3) is 6.28. The summed E-state index contributed by atoms with van der Waals surface area (Å²) < 4.78 is 5.30. The second-order valence-electron chi connectivity index (χ2n) is 2.60. The van der Waals surface area contributed by atoms with E-state index in [1.165, 1.54) is 0 Å². The van der Waals surface area contributed by atoms with E-state index in [4.69, 9.17) is 9.84 Å². The largest absolute Gasteiger partial charge is 0.395 e. The summed E-state index contributed by atoms with van der Waals surface area (Å²) in [7, 11) is 1.82. The van der Waals surface area contributed by atoms with Gasteiger partial charge in [0.25, 0.3) is 0 Å². The van der Waals surface area contributed by atoms with Crippen molar-refractivity contribution in [3.05, 3.63) is 0 Å². The van der Waals surface area contributed by atoms with Crippen molar-refractivity contribution in [1.82, 2.24) is 5.32 Å². The van der Waals surface area contributed by atoms with Crippen molar-refractivity contribution >= 4 is 0 Å². The molecule has 3 nitrogen and oxygen atoms in total. The van der Waals surface area contributed by atoms with Crippen LogP contribution in [0.1, 0.15) is 19.8 Å². The van der Waals surface area contributed by atoms with Crippen molar-refractivity contribution in [2.45, 2.75) is 25.8 Å². The van der Waals surface area contributed by atoms with Gasteiger partial charge in [-0.1, -0.05) is 13.3 Å². The number of nitrogens with one attached hydrogen (secondary N) is 1. The predicted octanol–water partition coefficient (Wildman–Crippen LogP) is 0.383. The first-order chi connectivity index (χ1) is 5.35. The van der Waals surface area contributed by atoms with Crippen LogP contribution in [-0.4, -0.2) is 38.0 Å². The maximum atomic E-state index is 8.74. The first kappa shape index (κ1) is 10.9. The van der Waals surface area contributed by atoms with Crippen LogP contribution in [0.5, 0.6) is 0 Å². The van der Waals surface area contributed by atoms with Gasteiger partial charge in [-0.05, 0) is 13.5 Å². The lowest BCUT2D eigenvalue weighted by molar-refractivity contribution is 0.0896. The van der Waals surface area contributed by atoms with Gasteiger partial charge >= 0.3 is 0 Å². The Hall–Kier alpha value is -0.120. The van der Waals surface area contributed by atoms with E-state index in [2.05, 4.69) is 12.2 Å². The molecule has 68 valence electrons. The van der Waals surface area contributed by atoms with Gasteiger partial charge in [0.05, 0.1) is 19.3 Å². The lowest BCUT2D eigenvalue weighted by Crippen LogP contribution is -2.33. The van der Waals surface area contributed by atoms with Crippen LogP contribution in [0.15, 0.2) is 0 Å². The van der Waals surface area contributed by atoms with Crippen molar-refractivity contribution < 1.29 is 9.84 Å². The number of hydrogen-bond donors (Lipinski definition) is 2. The Morgan fingerprint density at radius 3 is 2.73 bits per heavy atom. The molecule has 0 aromatic rings. The third-order valence-corrected chi connectivity index (χ3v) is 1.59. The van der Waals surface area contributed by atoms with Crippen molar-refractivity contribution in [1.29, 1.82) is 0 Å². The molecule has 0 radical (unpaired) electrons. The normalized spacial score (nSPS) is 13.4. The van der Waals surface area contributed by atoms with Crippen LogP contribution in [0.3, 0.4) is 0 Å².